The minimum absolute atomic E-state index is 0.0501. The van der Waals surface area contributed by atoms with Gasteiger partial charge in [0.15, 0.2) is 6.61 Å². The standard InChI is InChI=1S/C22H24Cl3FN2O3/c1-3-22(2,28-10-11-30-16-5-7-18(24)20(26)13-16)8-9-27-21(29)14-31-15-4-6-17(23)19(25)12-15/h3-7,12-13,28H,1,8-11,14H2,2H3,(H,27,29). The van der Waals surface area contributed by atoms with Crippen molar-refractivity contribution in [2.45, 2.75) is 18.9 Å². The number of hydrogen-bond donors (Lipinski definition) is 2. The van der Waals surface area contributed by atoms with E-state index in [9.17, 15) is 9.18 Å². The van der Waals surface area contributed by atoms with Gasteiger partial charge in [-0.1, -0.05) is 40.9 Å². The number of halogens is 4. The number of carbonyl (C=O) groups is 1. The second-order valence-corrected chi connectivity index (χ2v) is 8.16. The highest BCUT2D eigenvalue weighted by molar-refractivity contribution is 6.42. The lowest BCUT2D eigenvalue weighted by Gasteiger charge is -2.27. The lowest BCUT2D eigenvalue weighted by atomic mass is 9.98. The molecular weight excluding hydrogens is 466 g/mol. The molecule has 0 fully saturated rings. The molecule has 0 aromatic heterocycles. The Labute approximate surface area is 196 Å². The van der Waals surface area contributed by atoms with Gasteiger partial charge in [-0.3, -0.25) is 4.79 Å². The zero-order valence-electron chi connectivity index (χ0n) is 17.0. The zero-order chi connectivity index (χ0) is 22.9. The highest BCUT2D eigenvalue weighted by Crippen LogP contribution is 2.26. The third kappa shape index (κ3) is 8.57. The van der Waals surface area contributed by atoms with E-state index in [-0.39, 0.29) is 17.5 Å². The highest BCUT2D eigenvalue weighted by atomic mass is 35.5. The van der Waals surface area contributed by atoms with Crippen LogP contribution in [0.4, 0.5) is 4.39 Å². The predicted octanol–water partition coefficient (Wildman–Crippen LogP) is 5.28. The summed E-state index contributed by atoms with van der Waals surface area (Å²) < 4.78 is 24.3. The number of nitrogens with one attached hydrogen (secondary N) is 2. The van der Waals surface area contributed by atoms with E-state index >= 15 is 0 Å². The highest BCUT2D eigenvalue weighted by Gasteiger charge is 2.19. The Morgan fingerprint density at radius 3 is 2.39 bits per heavy atom. The summed E-state index contributed by atoms with van der Waals surface area (Å²) in [6.07, 6.45) is 2.37. The van der Waals surface area contributed by atoms with E-state index in [0.717, 1.165) is 0 Å². The number of ether oxygens (including phenoxy) is 2. The molecule has 5 nitrogen and oxygen atoms in total. The van der Waals surface area contributed by atoms with Crippen LogP contribution in [0, 0.1) is 5.82 Å². The molecule has 1 atom stereocenters. The number of amides is 1. The Morgan fingerprint density at radius 2 is 1.74 bits per heavy atom. The van der Waals surface area contributed by atoms with Gasteiger partial charge in [-0.05, 0) is 37.6 Å². The molecule has 0 bridgehead atoms. The molecule has 0 aliphatic heterocycles. The molecule has 0 radical (unpaired) electrons. The number of rotatable bonds is 12. The van der Waals surface area contributed by atoms with Crippen LogP contribution in [0.15, 0.2) is 49.1 Å². The van der Waals surface area contributed by atoms with Gasteiger partial charge < -0.3 is 20.1 Å². The van der Waals surface area contributed by atoms with E-state index < -0.39 is 11.4 Å². The van der Waals surface area contributed by atoms with E-state index in [1.165, 1.54) is 12.1 Å². The normalized spacial score (nSPS) is 12.7. The SMILES string of the molecule is C=CC(C)(CCNC(=O)COc1ccc(Cl)c(Cl)c1)NCCOc1ccc(Cl)c(F)c1. The van der Waals surface area contributed by atoms with Gasteiger partial charge in [0.2, 0.25) is 0 Å². The van der Waals surface area contributed by atoms with E-state index in [0.29, 0.717) is 47.7 Å². The van der Waals surface area contributed by atoms with Gasteiger partial charge in [-0.2, -0.15) is 0 Å². The van der Waals surface area contributed by atoms with Crippen LogP contribution < -0.4 is 20.1 Å². The number of hydrogen-bond acceptors (Lipinski definition) is 4. The van der Waals surface area contributed by atoms with Crippen LogP contribution in [0.5, 0.6) is 11.5 Å². The van der Waals surface area contributed by atoms with Crippen molar-refractivity contribution in [1.29, 1.82) is 0 Å². The fourth-order valence-electron chi connectivity index (χ4n) is 2.56. The van der Waals surface area contributed by atoms with Crippen LogP contribution in [-0.2, 0) is 4.79 Å². The topological polar surface area (TPSA) is 59.6 Å². The Hall–Kier alpha value is -1.99. The quantitative estimate of drug-likeness (QED) is 0.314. The molecule has 0 aliphatic carbocycles. The van der Waals surface area contributed by atoms with Crippen LogP contribution in [0.25, 0.3) is 0 Å². The molecule has 0 spiro atoms. The van der Waals surface area contributed by atoms with Gasteiger partial charge in [0.25, 0.3) is 5.91 Å². The Bertz CT molecular complexity index is 914. The minimum Gasteiger partial charge on any atom is -0.492 e. The third-order valence-corrected chi connectivity index (χ3v) is 5.51. The molecule has 0 aliphatic rings. The van der Waals surface area contributed by atoms with E-state index in [1.54, 1.807) is 30.3 Å². The summed E-state index contributed by atoms with van der Waals surface area (Å²) >= 11 is 17.4. The average Bonchev–Trinajstić information content (AvgIpc) is 2.74. The molecule has 1 amide bonds. The van der Waals surface area contributed by atoms with Gasteiger partial charge in [0, 0.05) is 30.8 Å². The lowest BCUT2D eigenvalue weighted by Crippen LogP contribution is -2.45. The van der Waals surface area contributed by atoms with E-state index in [4.69, 9.17) is 44.3 Å². The maximum Gasteiger partial charge on any atom is 0.257 e. The largest absolute Gasteiger partial charge is 0.492 e. The molecular formula is C22H24Cl3FN2O3. The van der Waals surface area contributed by atoms with Crippen molar-refractivity contribution in [2.75, 3.05) is 26.3 Å². The van der Waals surface area contributed by atoms with Crippen LogP contribution in [0.1, 0.15) is 13.3 Å². The molecule has 0 heterocycles. The van der Waals surface area contributed by atoms with Crippen LogP contribution in [-0.4, -0.2) is 37.7 Å². The molecule has 31 heavy (non-hydrogen) atoms. The van der Waals surface area contributed by atoms with Gasteiger partial charge in [-0.25, -0.2) is 4.39 Å². The summed E-state index contributed by atoms with van der Waals surface area (Å²) in [5.74, 6) is 0.0773. The molecule has 168 valence electrons. The summed E-state index contributed by atoms with van der Waals surface area (Å²) in [7, 11) is 0. The van der Waals surface area contributed by atoms with Crippen molar-refractivity contribution < 1.29 is 18.7 Å². The fraction of sp³-hybridized carbons (Fsp3) is 0.318. The first kappa shape index (κ1) is 25.3. The molecule has 2 aromatic rings. The van der Waals surface area contributed by atoms with E-state index in [1.807, 2.05) is 6.92 Å². The van der Waals surface area contributed by atoms with Gasteiger partial charge >= 0.3 is 0 Å². The monoisotopic (exact) mass is 488 g/mol. The van der Waals surface area contributed by atoms with Crippen molar-refractivity contribution in [2.24, 2.45) is 0 Å². The first-order chi connectivity index (χ1) is 14.7. The molecule has 2 aromatic carbocycles. The fourth-order valence-corrected chi connectivity index (χ4v) is 2.97. The van der Waals surface area contributed by atoms with Crippen molar-refractivity contribution in [3.05, 3.63) is 69.9 Å². The minimum atomic E-state index is -0.526. The Kier molecular flexibility index (Phi) is 9.91. The van der Waals surface area contributed by atoms with Gasteiger partial charge in [-0.15, -0.1) is 6.58 Å². The summed E-state index contributed by atoms with van der Waals surface area (Å²) in [6, 6.07) is 9.09. The maximum absolute atomic E-state index is 13.4. The van der Waals surface area contributed by atoms with Crippen LogP contribution >= 0.6 is 34.8 Å². The van der Waals surface area contributed by atoms with Gasteiger partial charge in [0.1, 0.15) is 23.9 Å². The van der Waals surface area contributed by atoms with E-state index in [2.05, 4.69) is 17.2 Å². The zero-order valence-corrected chi connectivity index (χ0v) is 19.3. The number of carbonyl (C=O) groups excluding carboxylic acids is 1. The second-order valence-electron chi connectivity index (χ2n) is 6.94. The smallest absolute Gasteiger partial charge is 0.257 e. The Balaban J connectivity index is 1.68. The molecule has 9 heteroatoms. The van der Waals surface area contributed by atoms with Crippen molar-refractivity contribution in [3.8, 4) is 11.5 Å². The molecule has 2 rings (SSSR count). The molecule has 2 N–H and O–H groups in total. The number of benzene rings is 2. The summed E-state index contributed by atoms with van der Waals surface area (Å²) in [4.78, 5) is 12.0. The summed E-state index contributed by atoms with van der Waals surface area (Å²) in [6.45, 7) is 6.92. The molecule has 1 unspecified atom stereocenters. The van der Waals surface area contributed by atoms with Crippen molar-refractivity contribution in [3.63, 3.8) is 0 Å². The molecule has 0 saturated carbocycles. The maximum atomic E-state index is 13.4. The summed E-state index contributed by atoms with van der Waals surface area (Å²) in [5, 5.41) is 6.94. The first-order valence-corrected chi connectivity index (χ1v) is 10.7. The van der Waals surface area contributed by atoms with Gasteiger partial charge in [0.05, 0.1) is 15.1 Å². The Morgan fingerprint density at radius 1 is 1.06 bits per heavy atom. The average molecular weight is 490 g/mol. The van der Waals surface area contributed by atoms with Crippen LogP contribution in [0.2, 0.25) is 15.1 Å². The first-order valence-electron chi connectivity index (χ1n) is 9.53. The van der Waals surface area contributed by atoms with Crippen molar-refractivity contribution in [1.82, 2.24) is 10.6 Å². The summed E-state index contributed by atoms with van der Waals surface area (Å²) in [5.41, 5.74) is -0.424. The predicted molar refractivity (Wildman–Crippen MR) is 123 cm³/mol. The van der Waals surface area contributed by atoms with Crippen LogP contribution in [0.3, 0.4) is 0 Å². The van der Waals surface area contributed by atoms with Crippen molar-refractivity contribution >= 4 is 40.7 Å². The lowest BCUT2D eigenvalue weighted by molar-refractivity contribution is -0.123. The second kappa shape index (κ2) is 12.2. The third-order valence-electron chi connectivity index (χ3n) is 4.47. The molecule has 0 saturated heterocycles.